The minimum Gasteiger partial charge on any atom is -0.269 e. The van der Waals surface area contributed by atoms with Crippen LogP contribution in [0.3, 0.4) is 0 Å². The van der Waals surface area contributed by atoms with Gasteiger partial charge in [-0.05, 0) is 60.7 Å². The third kappa shape index (κ3) is 3.68. The van der Waals surface area contributed by atoms with Crippen molar-refractivity contribution in [3.8, 4) is 0 Å². The topological polar surface area (TPSA) is 74.8 Å². The number of carbonyl (C=O) groups excluding carboxylic acids is 2. The number of anilines is 1. The van der Waals surface area contributed by atoms with Gasteiger partial charge >= 0.3 is 11.9 Å². The van der Waals surface area contributed by atoms with Crippen LogP contribution < -0.4 is 10.5 Å². The molecule has 1 aromatic carbocycles. The number of halogens is 2. The van der Waals surface area contributed by atoms with Crippen LogP contribution in [-0.4, -0.2) is 30.9 Å². The smallest absolute Gasteiger partial charge is 0.269 e. The average Bonchev–Trinajstić information content (AvgIpc) is 3.07. The normalized spacial score (nSPS) is 18.5. The number of hydrogen-bond donors (Lipinski definition) is 0. The van der Waals surface area contributed by atoms with E-state index in [4.69, 9.17) is 23.2 Å². The van der Waals surface area contributed by atoms with Gasteiger partial charge < -0.3 is 0 Å². The van der Waals surface area contributed by atoms with Crippen molar-refractivity contribution in [3.63, 3.8) is 0 Å². The molecule has 4 heterocycles. The Kier molecular flexibility index (Phi) is 5.39. The van der Waals surface area contributed by atoms with E-state index >= 15 is 0 Å². The number of nitrogens with zero attached hydrogens (tertiary/aromatic N) is 4. The van der Waals surface area contributed by atoms with E-state index < -0.39 is 11.9 Å². The van der Waals surface area contributed by atoms with E-state index in [0.717, 1.165) is 10.5 Å². The van der Waals surface area contributed by atoms with Gasteiger partial charge in [0.25, 0.3) is 5.56 Å². The van der Waals surface area contributed by atoms with E-state index in [1.807, 2.05) is 13.8 Å². The highest BCUT2D eigenvalue weighted by Gasteiger charge is 2.53. The van der Waals surface area contributed by atoms with E-state index in [0.29, 0.717) is 32.1 Å². The first-order valence-electron chi connectivity index (χ1n) is 10.1. The molecule has 0 N–H and O–H groups in total. The summed E-state index contributed by atoms with van der Waals surface area (Å²) in [4.78, 5) is 46.3. The molecule has 33 heavy (non-hydrogen) atoms. The lowest BCUT2D eigenvalue weighted by molar-refractivity contribution is -0.444. The SMILES string of the molecule is CC1=C(C)C2C(=O)N(c3ccc(Cl)cc3)C(=O)[N+](Cc3cc(=O)n4cc(Cl)ccc4n3)=C2S1. The van der Waals surface area contributed by atoms with E-state index in [9.17, 15) is 14.4 Å². The highest BCUT2D eigenvalue weighted by atomic mass is 35.5. The van der Waals surface area contributed by atoms with Crippen LogP contribution in [0.15, 0.2) is 63.9 Å². The number of amides is 3. The highest BCUT2D eigenvalue weighted by molar-refractivity contribution is 8.17. The fourth-order valence-electron chi connectivity index (χ4n) is 3.97. The van der Waals surface area contributed by atoms with Gasteiger partial charge in [-0.25, -0.2) is 9.78 Å². The Balaban J connectivity index is 1.63. The Bertz CT molecular complexity index is 1480. The summed E-state index contributed by atoms with van der Waals surface area (Å²) in [6.07, 6.45) is 1.50. The van der Waals surface area contributed by atoms with Crippen LogP contribution in [-0.2, 0) is 11.3 Å². The number of carbonyl (C=O) groups is 2. The van der Waals surface area contributed by atoms with E-state index in [1.165, 1.54) is 37.9 Å². The van der Waals surface area contributed by atoms with Crippen molar-refractivity contribution < 1.29 is 14.2 Å². The number of aromatic nitrogens is 2. The molecular formula is C23H17Cl2N4O3S+. The number of fused-ring (bicyclic) bond motifs is 2. The summed E-state index contributed by atoms with van der Waals surface area (Å²) in [5.41, 5.74) is 1.86. The largest absolute Gasteiger partial charge is 0.506 e. The van der Waals surface area contributed by atoms with Gasteiger partial charge in [0, 0.05) is 17.3 Å². The maximum Gasteiger partial charge on any atom is 0.506 e. The minimum atomic E-state index is -0.566. The number of rotatable bonds is 3. The maximum atomic E-state index is 13.6. The third-order valence-corrected chi connectivity index (χ3v) is 7.50. The lowest BCUT2D eigenvalue weighted by Gasteiger charge is -2.25. The van der Waals surface area contributed by atoms with Crippen LogP contribution in [0.25, 0.3) is 5.65 Å². The van der Waals surface area contributed by atoms with Gasteiger partial charge in [-0.2, -0.15) is 9.37 Å². The van der Waals surface area contributed by atoms with Crippen LogP contribution in [0.2, 0.25) is 10.0 Å². The minimum absolute atomic E-state index is 0.0456. The second kappa shape index (κ2) is 8.13. The summed E-state index contributed by atoms with van der Waals surface area (Å²) >= 11 is 13.4. The Hall–Kier alpha value is -2.94. The summed E-state index contributed by atoms with van der Waals surface area (Å²) in [5, 5.41) is 1.55. The number of allylic oxidation sites excluding steroid dienone is 1. The Labute approximate surface area is 202 Å². The number of pyridine rings is 1. The zero-order valence-electron chi connectivity index (χ0n) is 17.6. The van der Waals surface area contributed by atoms with Crippen molar-refractivity contribution in [3.05, 3.63) is 85.2 Å². The van der Waals surface area contributed by atoms with Crippen molar-refractivity contribution in [2.45, 2.75) is 20.4 Å². The fraction of sp³-hybridized carbons (Fsp3) is 0.174. The first-order valence-corrected chi connectivity index (χ1v) is 11.6. The van der Waals surface area contributed by atoms with Crippen molar-refractivity contribution >= 4 is 63.3 Å². The second-order valence-corrected chi connectivity index (χ2v) is 9.90. The number of benzene rings is 1. The molecule has 0 bridgehead atoms. The fourth-order valence-corrected chi connectivity index (χ4v) is 5.49. The first-order chi connectivity index (χ1) is 15.7. The molecule has 0 spiro atoms. The van der Waals surface area contributed by atoms with Crippen LogP contribution in [0.1, 0.15) is 19.5 Å². The maximum absolute atomic E-state index is 13.6. The Morgan fingerprint density at radius 3 is 2.45 bits per heavy atom. The molecule has 0 saturated heterocycles. The summed E-state index contributed by atoms with van der Waals surface area (Å²) in [6, 6.07) is 10.7. The molecule has 0 aliphatic carbocycles. The van der Waals surface area contributed by atoms with Crippen LogP contribution in [0.5, 0.6) is 0 Å². The molecule has 2 aliphatic heterocycles. The molecule has 0 fully saturated rings. The summed E-state index contributed by atoms with van der Waals surface area (Å²) < 4.78 is 2.88. The molecule has 5 rings (SSSR count). The summed E-state index contributed by atoms with van der Waals surface area (Å²) in [6.45, 7) is 3.87. The van der Waals surface area contributed by atoms with E-state index in [2.05, 4.69) is 4.98 Å². The van der Waals surface area contributed by atoms with Gasteiger partial charge in [0.15, 0.2) is 11.0 Å². The Morgan fingerprint density at radius 1 is 1.03 bits per heavy atom. The van der Waals surface area contributed by atoms with Crippen LogP contribution in [0, 0.1) is 5.92 Å². The molecule has 3 aromatic rings. The van der Waals surface area contributed by atoms with Gasteiger partial charge in [-0.15, -0.1) is 4.90 Å². The first kappa shape index (κ1) is 21.9. The summed E-state index contributed by atoms with van der Waals surface area (Å²) in [5.74, 6) is -0.875. The van der Waals surface area contributed by atoms with Crippen molar-refractivity contribution in [2.75, 3.05) is 4.90 Å². The average molecular weight is 500 g/mol. The number of hydrogen-bond acceptors (Lipinski definition) is 5. The van der Waals surface area contributed by atoms with Crippen molar-refractivity contribution in [1.82, 2.24) is 9.38 Å². The molecule has 2 aliphatic rings. The van der Waals surface area contributed by atoms with Crippen LogP contribution in [0.4, 0.5) is 10.5 Å². The Morgan fingerprint density at radius 2 is 1.73 bits per heavy atom. The molecule has 3 amide bonds. The molecule has 2 aromatic heterocycles. The standard InChI is InChI=1S/C23H17Cl2N4O3S/c1-12-13(2)33-22-20(12)21(31)29(17-6-3-14(24)4-7-17)23(32)28(22)11-16-9-19(30)27-10-15(25)5-8-18(27)26-16/h3-10,20H,11H2,1-2H3/q+1. The van der Waals surface area contributed by atoms with Crippen LogP contribution >= 0.6 is 35.0 Å². The molecule has 1 unspecified atom stereocenters. The molecule has 10 heteroatoms. The molecule has 0 saturated carbocycles. The second-order valence-electron chi connectivity index (χ2n) is 7.79. The van der Waals surface area contributed by atoms with Crippen molar-refractivity contribution in [1.29, 1.82) is 0 Å². The highest BCUT2D eigenvalue weighted by Crippen LogP contribution is 2.42. The monoisotopic (exact) mass is 499 g/mol. The molecular weight excluding hydrogens is 483 g/mol. The van der Waals surface area contributed by atoms with Gasteiger partial charge in [0.2, 0.25) is 0 Å². The zero-order valence-corrected chi connectivity index (χ0v) is 19.9. The zero-order chi connectivity index (χ0) is 23.4. The third-order valence-electron chi connectivity index (χ3n) is 5.73. The predicted octanol–water partition coefficient (Wildman–Crippen LogP) is 4.74. The van der Waals surface area contributed by atoms with E-state index in [-0.39, 0.29) is 18.0 Å². The lowest BCUT2D eigenvalue weighted by Crippen LogP contribution is -2.53. The molecule has 7 nitrogen and oxygen atoms in total. The predicted molar refractivity (Wildman–Crippen MR) is 129 cm³/mol. The number of imide groups is 1. The number of urea groups is 1. The van der Waals surface area contributed by atoms with Gasteiger partial charge in [0.1, 0.15) is 17.9 Å². The van der Waals surface area contributed by atoms with Gasteiger partial charge in [-0.3, -0.25) is 9.20 Å². The molecule has 0 radical (unpaired) electrons. The lowest BCUT2D eigenvalue weighted by atomic mass is 9.98. The molecule has 1 atom stereocenters. The van der Waals surface area contributed by atoms with Gasteiger partial charge in [-0.1, -0.05) is 35.0 Å². The van der Waals surface area contributed by atoms with E-state index in [1.54, 1.807) is 36.4 Å². The molecule has 166 valence electrons. The van der Waals surface area contributed by atoms with Crippen molar-refractivity contribution in [2.24, 2.45) is 5.92 Å². The summed E-state index contributed by atoms with van der Waals surface area (Å²) in [7, 11) is 0. The quantitative estimate of drug-likeness (QED) is 0.486. The number of thioether (sulfide) groups is 1. The van der Waals surface area contributed by atoms with Gasteiger partial charge in [0.05, 0.1) is 10.7 Å².